The van der Waals surface area contributed by atoms with Gasteiger partial charge in [-0.1, -0.05) is 17.3 Å². The Hall–Kier alpha value is -3.09. The summed E-state index contributed by atoms with van der Waals surface area (Å²) in [5.74, 6) is 0. The van der Waals surface area contributed by atoms with E-state index in [1.807, 2.05) is 42.6 Å². The van der Waals surface area contributed by atoms with Crippen LogP contribution in [-0.2, 0) is 6.54 Å². The van der Waals surface area contributed by atoms with Crippen LogP contribution in [-0.4, -0.2) is 34.6 Å². The summed E-state index contributed by atoms with van der Waals surface area (Å²) in [5.41, 5.74) is 3.33. The van der Waals surface area contributed by atoms with Gasteiger partial charge in [-0.15, -0.1) is 5.10 Å². The molecule has 102 valence electrons. The number of nitrogens with zero attached hydrogens (tertiary/aromatic N) is 7. The maximum atomic E-state index is 4.28. The number of aromatic nitrogens is 7. The average molecular weight is 277 g/mol. The van der Waals surface area contributed by atoms with Crippen molar-refractivity contribution in [1.29, 1.82) is 0 Å². The van der Waals surface area contributed by atoms with Crippen molar-refractivity contribution < 1.29 is 0 Å². The molecule has 4 aromatic rings. The molecule has 0 fully saturated rings. The van der Waals surface area contributed by atoms with E-state index in [9.17, 15) is 0 Å². The first-order chi connectivity index (χ1) is 10.4. The molecular formula is C14H11N7. The third-order valence-electron chi connectivity index (χ3n) is 3.15. The highest BCUT2D eigenvalue weighted by Crippen LogP contribution is 2.16. The predicted octanol–water partition coefficient (Wildman–Crippen LogP) is 1.43. The molecule has 0 aromatic carbocycles. The first-order valence-corrected chi connectivity index (χ1v) is 6.49. The first kappa shape index (κ1) is 11.7. The molecule has 0 spiro atoms. The summed E-state index contributed by atoms with van der Waals surface area (Å²) in [6, 6.07) is 11.6. The standard InChI is InChI=1S/C14H11N7/c1-2-7-15-11(4-1)8-20-9-12(18-19-20)13-5-3-6-14-16-10-17-21(13)14/h1-7,9-10H,8H2. The van der Waals surface area contributed by atoms with Crippen LogP contribution in [0.15, 0.2) is 55.1 Å². The van der Waals surface area contributed by atoms with Crippen LogP contribution in [0.2, 0.25) is 0 Å². The van der Waals surface area contributed by atoms with Gasteiger partial charge in [0.15, 0.2) is 5.65 Å². The molecule has 0 radical (unpaired) electrons. The molecule has 0 bridgehead atoms. The molecule has 0 aliphatic heterocycles. The SMILES string of the molecule is c1ccc(Cn2cc(-c3cccc4ncnn34)nn2)nc1. The Morgan fingerprint density at radius 3 is 2.90 bits per heavy atom. The van der Waals surface area contributed by atoms with Crippen molar-refractivity contribution in [3.63, 3.8) is 0 Å². The van der Waals surface area contributed by atoms with E-state index in [2.05, 4.69) is 25.4 Å². The van der Waals surface area contributed by atoms with Gasteiger partial charge in [0, 0.05) is 6.20 Å². The van der Waals surface area contributed by atoms with Crippen molar-refractivity contribution in [1.82, 2.24) is 34.6 Å². The van der Waals surface area contributed by atoms with Crippen molar-refractivity contribution in [3.8, 4) is 11.4 Å². The largest absolute Gasteiger partial charge is 0.259 e. The number of fused-ring (bicyclic) bond motifs is 1. The summed E-state index contributed by atoms with van der Waals surface area (Å²) < 4.78 is 3.50. The first-order valence-electron chi connectivity index (χ1n) is 6.49. The fourth-order valence-corrected chi connectivity index (χ4v) is 2.19. The van der Waals surface area contributed by atoms with Crippen LogP contribution in [0.25, 0.3) is 17.0 Å². The van der Waals surface area contributed by atoms with Gasteiger partial charge >= 0.3 is 0 Å². The molecule has 0 aliphatic rings. The molecule has 0 amide bonds. The maximum Gasteiger partial charge on any atom is 0.156 e. The van der Waals surface area contributed by atoms with E-state index in [-0.39, 0.29) is 0 Å². The van der Waals surface area contributed by atoms with Crippen LogP contribution < -0.4 is 0 Å². The molecule has 4 rings (SSSR count). The second kappa shape index (κ2) is 4.78. The van der Waals surface area contributed by atoms with Crippen LogP contribution in [0.4, 0.5) is 0 Å². The van der Waals surface area contributed by atoms with Gasteiger partial charge in [0.05, 0.1) is 24.1 Å². The molecule has 7 nitrogen and oxygen atoms in total. The Balaban J connectivity index is 1.70. The van der Waals surface area contributed by atoms with Crippen molar-refractivity contribution in [2.75, 3.05) is 0 Å². The molecule has 4 aromatic heterocycles. The monoisotopic (exact) mass is 277 g/mol. The van der Waals surface area contributed by atoms with Crippen LogP contribution in [0, 0.1) is 0 Å². The summed E-state index contributed by atoms with van der Waals surface area (Å²) in [6.45, 7) is 0.584. The Kier molecular flexibility index (Phi) is 2.67. The Morgan fingerprint density at radius 1 is 1.00 bits per heavy atom. The highest BCUT2D eigenvalue weighted by molar-refractivity contribution is 5.57. The highest BCUT2D eigenvalue weighted by Gasteiger charge is 2.09. The van der Waals surface area contributed by atoms with E-state index < -0.39 is 0 Å². The summed E-state index contributed by atoms with van der Waals surface area (Å²) in [7, 11) is 0. The molecule has 7 heteroatoms. The second-order valence-electron chi connectivity index (χ2n) is 4.56. The third kappa shape index (κ3) is 2.14. The van der Waals surface area contributed by atoms with Gasteiger partial charge < -0.3 is 0 Å². The van der Waals surface area contributed by atoms with Crippen molar-refractivity contribution in [2.24, 2.45) is 0 Å². The van der Waals surface area contributed by atoms with Crippen LogP contribution in [0.3, 0.4) is 0 Å². The minimum absolute atomic E-state index is 0.584. The lowest BCUT2D eigenvalue weighted by Gasteiger charge is -2.00. The number of hydrogen-bond donors (Lipinski definition) is 0. The number of rotatable bonds is 3. The normalized spacial score (nSPS) is 11.0. The van der Waals surface area contributed by atoms with Gasteiger partial charge in [0.1, 0.15) is 12.0 Å². The van der Waals surface area contributed by atoms with Crippen molar-refractivity contribution in [3.05, 3.63) is 60.8 Å². The molecule has 0 atom stereocenters. The van der Waals surface area contributed by atoms with Crippen LogP contribution in [0.5, 0.6) is 0 Å². The van der Waals surface area contributed by atoms with E-state index >= 15 is 0 Å². The molecule has 0 unspecified atom stereocenters. The number of pyridine rings is 2. The zero-order valence-electron chi connectivity index (χ0n) is 11.0. The lowest BCUT2D eigenvalue weighted by Crippen LogP contribution is -2.01. The fraction of sp³-hybridized carbons (Fsp3) is 0.0714. The predicted molar refractivity (Wildman–Crippen MR) is 75.3 cm³/mol. The van der Waals surface area contributed by atoms with E-state index in [4.69, 9.17) is 0 Å². The minimum Gasteiger partial charge on any atom is -0.259 e. The molecule has 4 heterocycles. The summed E-state index contributed by atoms with van der Waals surface area (Å²) in [6.07, 6.45) is 5.17. The van der Waals surface area contributed by atoms with E-state index in [1.165, 1.54) is 6.33 Å². The second-order valence-corrected chi connectivity index (χ2v) is 4.56. The average Bonchev–Trinajstić information content (AvgIpc) is 3.16. The van der Waals surface area contributed by atoms with Gasteiger partial charge in [-0.25, -0.2) is 14.2 Å². The zero-order chi connectivity index (χ0) is 14.1. The fourth-order valence-electron chi connectivity index (χ4n) is 2.19. The van der Waals surface area contributed by atoms with Gasteiger partial charge in [-0.2, -0.15) is 5.10 Å². The van der Waals surface area contributed by atoms with Crippen LogP contribution >= 0.6 is 0 Å². The minimum atomic E-state index is 0.584. The molecule has 21 heavy (non-hydrogen) atoms. The Bertz CT molecular complexity index is 878. The smallest absolute Gasteiger partial charge is 0.156 e. The van der Waals surface area contributed by atoms with Gasteiger partial charge in [-0.05, 0) is 24.3 Å². The molecule has 0 aliphatic carbocycles. The molecule has 0 saturated carbocycles. The lowest BCUT2D eigenvalue weighted by molar-refractivity contribution is 0.638. The highest BCUT2D eigenvalue weighted by atomic mass is 15.4. The van der Waals surface area contributed by atoms with E-state index in [1.54, 1.807) is 15.4 Å². The maximum absolute atomic E-state index is 4.28. The van der Waals surface area contributed by atoms with Crippen molar-refractivity contribution >= 4 is 5.65 Å². The zero-order valence-corrected chi connectivity index (χ0v) is 11.0. The van der Waals surface area contributed by atoms with Gasteiger partial charge in [-0.3, -0.25) is 4.98 Å². The summed E-state index contributed by atoms with van der Waals surface area (Å²) in [4.78, 5) is 8.45. The molecule has 0 N–H and O–H groups in total. The van der Waals surface area contributed by atoms with Crippen molar-refractivity contribution in [2.45, 2.75) is 6.54 Å². The van der Waals surface area contributed by atoms with E-state index in [0.717, 1.165) is 22.7 Å². The van der Waals surface area contributed by atoms with E-state index in [0.29, 0.717) is 6.54 Å². The Morgan fingerprint density at radius 2 is 2.00 bits per heavy atom. The van der Waals surface area contributed by atoms with Gasteiger partial charge in [0.25, 0.3) is 0 Å². The Labute approximate surface area is 119 Å². The quantitative estimate of drug-likeness (QED) is 0.566. The van der Waals surface area contributed by atoms with Gasteiger partial charge in [0.2, 0.25) is 0 Å². The topological polar surface area (TPSA) is 73.8 Å². The van der Waals surface area contributed by atoms with Crippen LogP contribution in [0.1, 0.15) is 5.69 Å². The summed E-state index contributed by atoms with van der Waals surface area (Å²) in [5, 5.41) is 12.6. The molecule has 0 saturated heterocycles. The third-order valence-corrected chi connectivity index (χ3v) is 3.15. The summed E-state index contributed by atoms with van der Waals surface area (Å²) >= 11 is 0. The number of hydrogen-bond acceptors (Lipinski definition) is 5. The molecular weight excluding hydrogens is 266 g/mol. The lowest BCUT2D eigenvalue weighted by atomic mass is 10.3.